The van der Waals surface area contributed by atoms with Gasteiger partial charge in [0.05, 0.1) is 36.6 Å². The fraction of sp³-hybridized carbons (Fsp3) is 0.667. The van der Waals surface area contributed by atoms with Gasteiger partial charge in [0.1, 0.15) is 5.60 Å². The smallest absolute Gasteiger partial charge is 0.410 e. The molecule has 0 saturated carbocycles. The molecule has 0 unspecified atom stereocenters. The number of hydrogen-bond donors (Lipinski definition) is 0. The Kier molecular flexibility index (Phi) is 12.4. The molecule has 12 nitrogen and oxygen atoms in total. The SMILES string of the molecule is COCCCCc1c(C(=O)N(CC(C)C)[C@H]2C[C@@H](C(=O)N3CCOCC3)CN(C(=O)OC(C)(C)C)C2)nnn1-c1cccc(Cl)c1. The summed E-state index contributed by atoms with van der Waals surface area (Å²) in [5, 5.41) is 9.39. The molecule has 2 atom stereocenters. The number of amides is 3. The molecule has 0 aliphatic carbocycles. The van der Waals surface area contributed by atoms with Gasteiger partial charge in [0, 0.05) is 51.5 Å². The third kappa shape index (κ3) is 9.42. The molecule has 2 aliphatic rings. The summed E-state index contributed by atoms with van der Waals surface area (Å²) in [6, 6.07) is 6.84. The molecule has 254 valence electrons. The number of likely N-dealkylation sites (tertiary alicyclic amines) is 1. The maximum absolute atomic E-state index is 14.6. The second-order valence-electron chi connectivity index (χ2n) is 13.5. The molecular formula is C33H49ClN6O6. The predicted octanol–water partition coefficient (Wildman–Crippen LogP) is 4.47. The van der Waals surface area contributed by atoms with Crippen molar-refractivity contribution in [1.29, 1.82) is 0 Å². The van der Waals surface area contributed by atoms with Gasteiger partial charge < -0.3 is 28.9 Å². The lowest BCUT2D eigenvalue weighted by Crippen LogP contribution is -2.58. The Bertz CT molecular complexity index is 1340. The lowest BCUT2D eigenvalue weighted by atomic mass is 9.91. The highest BCUT2D eigenvalue weighted by molar-refractivity contribution is 6.30. The summed E-state index contributed by atoms with van der Waals surface area (Å²) >= 11 is 6.31. The topological polar surface area (TPSA) is 119 Å². The maximum atomic E-state index is 14.6. The number of hydrogen-bond acceptors (Lipinski definition) is 8. The first-order valence-electron chi connectivity index (χ1n) is 16.2. The third-order valence-electron chi connectivity index (χ3n) is 8.05. The van der Waals surface area contributed by atoms with E-state index in [1.54, 1.807) is 38.6 Å². The fourth-order valence-corrected chi connectivity index (χ4v) is 6.15. The van der Waals surface area contributed by atoms with Crippen molar-refractivity contribution < 1.29 is 28.6 Å². The van der Waals surface area contributed by atoms with Gasteiger partial charge in [-0.3, -0.25) is 9.59 Å². The van der Waals surface area contributed by atoms with Gasteiger partial charge in [-0.15, -0.1) is 5.10 Å². The van der Waals surface area contributed by atoms with Gasteiger partial charge in [0.25, 0.3) is 5.91 Å². The van der Waals surface area contributed by atoms with Gasteiger partial charge in [-0.25, -0.2) is 9.48 Å². The summed E-state index contributed by atoms with van der Waals surface area (Å²) in [5.74, 6) is -0.702. The van der Waals surface area contributed by atoms with Crippen LogP contribution in [0, 0.1) is 11.8 Å². The van der Waals surface area contributed by atoms with Crippen LogP contribution >= 0.6 is 11.6 Å². The van der Waals surface area contributed by atoms with Crippen LogP contribution < -0.4 is 0 Å². The molecule has 0 bridgehead atoms. The van der Waals surface area contributed by atoms with Gasteiger partial charge in [0.15, 0.2) is 5.69 Å². The number of methoxy groups -OCH3 is 1. The number of halogens is 1. The first-order valence-corrected chi connectivity index (χ1v) is 16.6. The minimum Gasteiger partial charge on any atom is -0.444 e. The second kappa shape index (κ2) is 16.1. The van der Waals surface area contributed by atoms with Crippen molar-refractivity contribution in [2.24, 2.45) is 11.8 Å². The molecule has 1 aromatic heterocycles. The standard InChI is InChI=1S/C33H49ClN6O6/c1-23(2)20-39(31(42)29-28(12-7-8-15-44-6)40(36-35-29)26-11-9-10-25(34)19-26)27-18-24(30(41)37-13-16-45-17-14-37)21-38(22-27)32(43)46-33(3,4)5/h9-11,19,23-24,27H,7-8,12-18,20-22H2,1-6H3/t24-,27+/m1/s1. The van der Waals surface area contributed by atoms with Crippen LogP contribution in [0.1, 0.15) is 70.1 Å². The van der Waals surface area contributed by atoms with Crippen molar-refractivity contribution in [3.05, 3.63) is 40.7 Å². The molecule has 3 heterocycles. The summed E-state index contributed by atoms with van der Waals surface area (Å²) in [6.45, 7) is 13.0. The molecule has 2 saturated heterocycles. The van der Waals surface area contributed by atoms with Crippen LogP contribution in [-0.2, 0) is 25.4 Å². The van der Waals surface area contributed by atoms with Gasteiger partial charge in [0.2, 0.25) is 5.91 Å². The third-order valence-corrected chi connectivity index (χ3v) is 8.28. The Hall–Kier alpha value is -3.22. The van der Waals surface area contributed by atoms with E-state index in [1.165, 1.54) is 0 Å². The molecule has 0 spiro atoms. The molecule has 1 aromatic carbocycles. The van der Waals surface area contributed by atoms with E-state index in [2.05, 4.69) is 10.3 Å². The first kappa shape index (κ1) is 35.6. The van der Waals surface area contributed by atoms with Crippen molar-refractivity contribution in [2.75, 3.05) is 59.7 Å². The van der Waals surface area contributed by atoms with Crippen molar-refractivity contribution in [3.63, 3.8) is 0 Å². The lowest BCUT2D eigenvalue weighted by Gasteiger charge is -2.44. The van der Waals surface area contributed by atoms with Crippen LogP contribution in [0.4, 0.5) is 4.79 Å². The van der Waals surface area contributed by atoms with Crippen molar-refractivity contribution >= 4 is 29.5 Å². The van der Waals surface area contributed by atoms with Gasteiger partial charge in [-0.05, 0) is 70.6 Å². The molecule has 13 heteroatoms. The number of benzene rings is 1. The molecular weight excluding hydrogens is 612 g/mol. The average molecular weight is 661 g/mol. The highest BCUT2D eigenvalue weighted by Gasteiger charge is 2.42. The number of carbonyl (C=O) groups excluding carboxylic acids is 3. The number of unbranched alkanes of at least 4 members (excludes halogenated alkanes) is 1. The zero-order valence-corrected chi connectivity index (χ0v) is 28.8. The fourth-order valence-electron chi connectivity index (χ4n) is 5.97. The van der Waals surface area contributed by atoms with E-state index in [4.69, 9.17) is 25.8 Å². The van der Waals surface area contributed by atoms with Gasteiger partial charge in [-0.2, -0.15) is 0 Å². The van der Waals surface area contributed by atoms with E-state index in [1.807, 2.05) is 46.8 Å². The van der Waals surface area contributed by atoms with E-state index in [9.17, 15) is 14.4 Å². The van der Waals surface area contributed by atoms with Crippen LogP contribution in [0.25, 0.3) is 5.69 Å². The average Bonchev–Trinajstić information content (AvgIpc) is 3.44. The monoisotopic (exact) mass is 660 g/mol. The number of rotatable bonds is 11. The Morgan fingerprint density at radius 3 is 2.50 bits per heavy atom. The van der Waals surface area contributed by atoms with E-state index in [0.717, 1.165) is 12.8 Å². The number of piperidine rings is 1. The summed E-state index contributed by atoms with van der Waals surface area (Å²) in [5.41, 5.74) is 0.931. The summed E-state index contributed by atoms with van der Waals surface area (Å²) in [4.78, 5) is 47.0. The molecule has 4 rings (SSSR count). The maximum Gasteiger partial charge on any atom is 0.410 e. The normalized spacial score (nSPS) is 19.0. The first-order chi connectivity index (χ1) is 21.9. The molecule has 2 aromatic rings. The number of nitrogens with zero attached hydrogens (tertiary/aromatic N) is 6. The zero-order valence-electron chi connectivity index (χ0n) is 28.0. The van der Waals surface area contributed by atoms with E-state index < -0.39 is 23.7 Å². The second-order valence-corrected chi connectivity index (χ2v) is 13.9. The minimum atomic E-state index is -0.711. The van der Waals surface area contributed by atoms with Crippen LogP contribution in [0.2, 0.25) is 5.02 Å². The van der Waals surface area contributed by atoms with Crippen LogP contribution in [-0.4, -0.2) is 119 Å². The quantitative estimate of drug-likeness (QED) is 0.324. The van der Waals surface area contributed by atoms with Crippen molar-refractivity contribution in [3.8, 4) is 5.69 Å². The number of morpholine rings is 1. The van der Waals surface area contributed by atoms with Crippen molar-refractivity contribution in [1.82, 2.24) is 29.7 Å². The van der Waals surface area contributed by atoms with E-state index in [0.29, 0.717) is 68.7 Å². The van der Waals surface area contributed by atoms with Crippen molar-refractivity contribution in [2.45, 2.75) is 71.9 Å². The van der Waals surface area contributed by atoms with Gasteiger partial charge >= 0.3 is 6.09 Å². The molecule has 2 fully saturated rings. The Labute approximate surface area is 277 Å². The highest BCUT2D eigenvalue weighted by atomic mass is 35.5. The van der Waals surface area contributed by atoms with E-state index >= 15 is 0 Å². The number of carbonyl (C=O) groups is 3. The van der Waals surface area contributed by atoms with Crippen LogP contribution in [0.3, 0.4) is 0 Å². The van der Waals surface area contributed by atoms with E-state index in [-0.39, 0.29) is 36.5 Å². The van der Waals surface area contributed by atoms with Gasteiger partial charge in [-0.1, -0.05) is 36.7 Å². The largest absolute Gasteiger partial charge is 0.444 e. The Balaban J connectivity index is 1.70. The number of aromatic nitrogens is 3. The predicted molar refractivity (Wildman–Crippen MR) is 174 cm³/mol. The molecule has 3 amide bonds. The van der Waals surface area contributed by atoms with Crippen LogP contribution in [0.15, 0.2) is 24.3 Å². The molecule has 0 N–H and O–H groups in total. The Morgan fingerprint density at radius 1 is 1.11 bits per heavy atom. The van der Waals surface area contributed by atoms with Crippen LogP contribution in [0.5, 0.6) is 0 Å². The summed E-state index contributed by atoms with van der Waals surface area (Å²) < 4.78 is 18.1. The number of ether oxygens (including phenoxy) is 3. The molecule has 46 heavy (non-hydrogen) atoms. The zero-order chi connectivity index (χ0) is 33.4. The highest BCUT2D eigenvalue weighted by Crippen LogP contribution is 2.28. The Morgan fingerprint density at radius 2 is 1.85 bits per heavy atom. The lowest BCUT2D eigenvalue weighted by molar-refractivity contribution is -0.142. The summed E-state index contributed by atoms with van der Waals surface area (Å²) in [6.07, 6.45) is 2.03. The molecule has 0 radical (unpaired) electrons. The molecule has 2 aliphatic heterocycles. The summed E-state index contributed by atoms with van der Waals surface area (Å²) in [7, 11) is 1.67. The minimum absolute atomic E-state index is 0.0377.